The first kappa shape index (κ1) is 35.4. The van der Waals surface area contributed by atoms with Crippen LogP contribution in [0.15, 0.2) is 18.2 Å². The van der Waals surface area contributed by atoms with Gasteiger partial charge in [0, 0.05) is 5.56 Å². The molecule has 0 unspecified atom stereocenters. The molecule has 0 radical (unpaired) electrons. The number of hydrogen-bond donors (Lipinski definition) is 0. The van der Waals surface area contributed by atoms with E-state index in [9.17, 15) is 0 Å². The summed E-state index contributed by atoms with van der Waals surface area (Å²) in [5.74, 6) is 0.906. The van der Waals surface area contributed by atoms with Crippen molar-refractivity contribution in [1.29, 1.82) is 0 Å². The van der Waals surface area contributed by atoms with Crippen LogP contribution in [0.3, 0.4) is 0 Å². The van der Waals surface area contributed by atoms with Crippen molar-refractivity contribution in [3.63, 3.8) is 0 Å². The van der Waals surface area contributed by atoms with Gasteiger partial charge in [-0.05, 0) is 35.3 Å². The number of rotatable bonds is 22. The third-order valence-corrected chi connectivity index (χ3v) is 8.35. The SMILES string of the molecule is CCCCCCCCCCOP(OCCCCCCCCCC)Oc1ccc(C(C)(C)C)cc1C(C)(C)C. The fourth-order valence-electron chi connectivity index (χ4n) is 4.58. The van der Waals surface area contributed by atoms with Crippen molar-refractivity contribution < 1.29 is 13.6 Å². The van der Waals surface area contributed by atoms with Gasteiger partial charge >= 0.3 is 8.60 Å². The third kappa shape index (κ3) is 16.5. The molecule has 0 aliphatic rings. The van der Waals surface area contributed by atoms with Crippen LogP contribution in [-0.4, -0.2) is 13.2 Å². The Hall–Kier alpha value is -0.630. The maximum atomic E-state index is 6.50. The highest BCUT2D eigenvalue weighted by Crippen LogP contribution is 2.45. The van der Waals surface area contributed by atoms with E-state index < -0.39 is 8.60 Å². The minimum absolute atomic E-state index is 0.0207. The fraction of sp³-hybridized carbons (Fsp3) is 0.824. The average Bonchev–Trinajstić information content (AvgIpc) is 2.85. The summed E-state index contributed by atoms with van der Waals surface area (Å²) in [7, 11) is -1.40. The van der Waals surface area contributed by atoms with Gasteiger partial charge in [0.25, 0.3) is 0 Å². The normalized spacial score (nSPS) is 12.4. The second-order valence-corrected chi connectivity index (χ2v) is 14.3. The van der Waals surface area contributed by atoms with Gasteiger partial charge in [-0.25, -0.2) is 0 Å². The Balaban J connectivity index is 2.67. The molecule has 222 valence electrons. The smallest absolute Gasteiger partial charge is 0.397 e. The molecular formula is C34H63O3P. The summed E-state index contributed by atoms with van der Waals surface area (Å²) < 4.78 is 19.0. The standard InChI is InChI=1S/C34H63O3P/c1-9-11-13-15-17-19-21-23-27-35-38(36-28-24-22-20-18-16-14-12-10-2)37-32-26-25-30(33(3,4)5)29-31(32)34(6,7)8/h25-26,29H,9-24,27-28H2,1-8H3. The first-order chi connectivity index (χ1) is 18.1. The maximum Gasteiger partial charge on any atom is 0.397 e. The molecule has 1 aromatic carbocycles. The zero-order chi connectivity index (χ0) is 28.3. The lowest BCUT2D eigenvalue weighted by Gasteiger charge is -2.28. The molecule has 1 rings (SSSR count). The maximum absolute atomic E-state index is 6.50. The first-order valence-corrected chi connectivity index (χ1v) is 17.1. The van der Waals surface area contributed by atoms with Crippen molar-refractivity contribution in [3.05, 3.63) is 29.3 Å². The number of hydrogen-bond acceptors (Lipinski definition) is 3. The molecule has 0 aliphatic carbocycles. The minimum atomic E-state index is -1.40. The van der Waals surface area contributed by atoms with Crippen molar-refractivity contribution in [2.45, 2.75) is 169 Å². The molecule has 3 nitrogen and oxygen atoms in total. The van der Waals surface area contributed by atoms with Crippen LogP contribution >= 0.6 is 8.60 Å². The Labute approximate surface area is 239 Å². The van der Waals surface area contributed by atoms with Crippen LogP contribution in [0.1, 0.15) is 169 Å². The molecule has 0 heterocycles. The number of benzene rings is 1. The largest absolute Gasteiger partial charge is 0.426 e. The van der Waals surface area contributed by atoms with Crippen molar-refractivity contribution in [1.82, 2.24) is 0 Å². The predicted molar refractivity (Wildman–Crippen MR) is 169 cm³/mol. The van der Waals surface area contributed by atoms with E-state index in [0.29, 0.717) is 13.2 Å². The van der Waals surface area contributed by atoms with E-state index in [1.165, 1.54) is 101 Å². The lowest BCUT2D eigenvalue weighted by atomic mass is 9.80. The highest BCUT2D eigenvalue weighted by Gasteiger charge is 2.26. The average molecular weight is 551 g/mol. The van der Waals surface area contributed by atoms with E-state index in [1.54, 1.807) is 0 Å². The van der Waals surface area contributed by atoms with E-state index in [2.05, 4.69) is 73.6 Å². The molecule has 0 fully saturated rings. The molecule has 0 amide bonds. The van der Waals surface area contributed by atoms with Crippen LogP contribution in [-0.2, 0) is 19.9 Å². The van der Waals surface area contributed by atoms with Gasteiger partial charge in [-0.15, -0.1) is 0 Å². The highest BCUT2D eigenvalue weighted by molar-refractivity contribution is 7.42. The van der Waals surface area contributed by atoms with Crippen LogP contribution in [0.5, 0.6) is 5.75 Å². The first-order valence-electron chi connectivity index (χ1n) is 16.0. The molecule has 1 aromatic rings. The van der Waals surface area contributed by atoms with E-state index in [-0.39, 0.29) is 10.8 Å². The van der Waals surface area contributed by atoms with Gasteiger partial charge in [0.2, 0.25) is 0 Å². The third-order valence-electron chi connectivity index (χ3n) is 7.22. The summed E-state index contributed by atoms with van der Waals surface area (Å²) in [4.78, 5) is 0. The predicted octanol–water partition coefficient (Wildman–Crippen LogP) is 12.2. The van der Waals surface area contributed by atoms with Gasteiger partial charge in [-0.2, -0.15) is 0 Å². The van der Waals surface area contributed by atoms with E-state index >= 15 is 0 Å². The van der Waals surface area contributed by atoms with E-state index in [4.69, 9.17) is 13.6 Å². The molecule has 0 atom stereocenters. The van der Waals surface area contributed by atoms with Crippen LogP contribution < -0.4 is 4.52 Å². The van der Waals surface area contributed by atoms with Gasteiger partial charge in [-0.1, -0.05) is 157 Å². The van der Waals surface area contributed by atoms with Crippen molar-refractivity contribution in [2.75, 3.05) is 13.2 Å². The molecule has 0 bridgehead atoms. The van der Waals surface area contributed by atoms with Gasteiger partial charge < -0.3 is 13.6 Å². The van der Waals surface area contributed by atoms with Crippen LogP contribution in [0.2, 0.25) is 0 Å². The molecule has 4 heteroatoms. The van der Waals surface area contributed by atoms with Crippen LogP contribution in [0.4, 0.5) is 0 Å². The summed E-state index contributed by atoms with van der Waals surface area (Å²) in [6.45, 7) is 19.5. The lowest BCUT2D eigenvalue weighted by molar-refractivity contribution is 0.197. The number of unbranched alkanes of at least 4 members (excludes halogenated alkanes) is 14. The Bertz CT molecular complexity index is 683. The monoisotopic (exact) mass is 550 g/mol. The van der Waals surface area contributed by atoms with Crippen molar-refractivity contribution in [3.8, 4) is 5.75 Å². The zero-order valence-electron chi connectivity index (χ0n) is 26.6. The lowest BCUT2D eigenvalue weighted by Crippen LogP contribution is -2.17. The molecule has 0 saturated carbocycles. The van der Waals surface area contributed by atoms with Gasteiger partial charge in [0.15, 0.2) is 0 Å². The summed E-state index contributed by atoms with van der Waals surface area (Å²) in [6, 6.07) is 6.66. The minimum Gasteiger partial charge on any atom is -0.426 e. The van der Waals surface area contributed by atoms with E-state index in [0.717, 1.165) is 18.6 Å². The van der Waals surface area contributed by atoms with Crippen molar-refractivity contribution >= 4 is 8.60 Å². The fourth-order valence-corrected chi connectivity index (χ4v) is 5.64. The van der Waals surface area contributed by atoms with Crippen molar-refractivity contribution in [2.24, 2.45) is 0 Å². The molecule has 0 spiro atoms. The van der Waals surface area contributed by atoms with Gasteiger partial charge in [-0.3, -0.25) is 0 Å². The second kappa shape index (κ2) is 20.3. The molecular weight excluding hydrogens is 487 g/mol. The summed E-state index contributed by atoms with van der Waals surface area (Å²) in [5.41, 5.74) is 2.64. The van der Waals surface area contributed by atoms with Crippen LogP contribution in [0.25, 0.3) is 0 Å². The summed E-state index contributed by atoms with van der Waals surface area (Å²) in [5, 5.41) is 0. The Morgan fingerprint density at radius 3 is 1.37 bits per heavy atom. The topological polar surface area (TPSA) is 27.7 Å². The molecule has 38 heavy (non-hydrogen) atoms. The molecule has 0 N–H and O–H groups in total. The molecule has 0 aromatic heterocycles. The summed E-state index contributed by atoms with van der Waals surface area (Å²) in [6.07, 6.45) is 20.7. The summed E-state index contributed by atoms with van der Waals surface area (Å²) >= 11 is 0. The molecule has 0 saturated heterocycles. The van der Waals surface area contributed by atoms with Gasteiger partial charge in [0.1, 0.15) is 5.75 Å². The second-order valence-electron chi connectivity index (χ2n) is 13.1. The highest BCUT2D eigenvalue weighted by atomic mass is 31.2. The quantitative estimate of drug-likeness (QED) is 0.106. The van der Waals surface area contributed by atoms with E-state index in [1.807, 2.05) is 0 Å². The molecule has 0 aliphatic heterocycles. The van der Waals surface area contributed by atoms with Crippen LogP contribution in [0, 0.1) is 0 Å². The Morgan fingerprint density at radius 1 is 0.553 bits per heavy atom. The zero-order valence-corrected chi connectivity index (χ0v) is 27.5. The Morgan fingerprint density at radius 2 is 0.974 bits per heavy atom. The Kier molecular flexibility index (Phi) is 18.9. The van der Waals surface area contributed by atoms with Gasteiger partial charge in [0.05, 0.1) is 13.2 Å².